The summed E-state index contributed by atoms with van der Waals surface area (Å²) in [5.41, 5.74) is 8.83. The Balaban J connectivity index is 2.79. The SMILES string of the molecule is [N-]=[N+]=Nc1nccc2c(C(=O)O)c[nH]c12. The molecule has 2 N–H and O–H groups in total. The van der Waals surface area contributed by atoms with Crippen molar-refractivity contribution in [1.29, 1.82) is 0 Å². The maximum atomic E-state index is 10.8. The van der Waals surface area contributed by atoms with E-state index in [4.69, 9.17) is 10.6 Å². The van der Waals surface area contributed by atoms with E-state index < -0.39 is 5.97 Å². The van der Waals surface area contributed by atoms with Crippen molar-refractivity contribution in [2.75, 3.05) is 0 Å². The van der Waals surface area contributed by atoms with Crippen LogP contribution in [-0.2, 0) is 0 Å². The number of aromatic nitrogens is 2. The molecule has 0 aliphatic rings. The molecule has 15 heavy (non-hydrogen) atoms. The van der Waals surface area contributed by atoms with Gasteiger partial charge >= 0.3 is 5.97 Å². The Labute approximate surface area is 83.0 Å². The maximum Gasteiger partial charge on any atom is 0.337 e. The summed E-state index contributed by atoms with van der Waals surface area (Å²) in [6.45, 7) is 0. The topological polar surface area (TPSA) is 115 Å². The molecule has 0 amide bonds. The summed E-state index contributed by atoms with van der Waals surface area (Å²) in [4.78, 5) is 19.9. The predicted octanol–water partition coefficient (Wildman–Crippen LogP) is 2.20. The predicted molar refractivity (Wildman–Crippen MR) is 51.9 cm³/mol. The van der Waals surface area contributed by atoms with Crippen molar-refractivity contribution in [1.82, 2.24) is 9.97 Å². The number of nitrogens with zero attached hydrogens (tertiary/aromatic N) is 4. The van der Waals surface area contributed by atoms with E-state index in [0.29, 0.717) is 10.9 Å². The molecule has 7 nitrogen and oxygen atoms in total. The highest BCUT2D eigenvalue weighted by atomic mass is 16.4. The van der Waals surface area contributed by atoms with Crippen LogP contribution in [-0.4, -0.2) is 21.0 Å². The third-order valence-corrected chi connectivity index (χ3v) is 1.95. The van der Waals surface area contributed by atoms with Gasteiger partial charge in [0.15, 0.2) is 5.82 Å². The highest BCUT2D eigenvalue weighted by molar-refractivity contribution is 6.05. The summed E-state index contributed by atoms with van der Waals surface area (Å²) < 4.78 is 0. The third-order valence-electron chi connectivity index (χ3n) is 1.95. The van der Waals surface area contributed by atoms with E-state index in [1.54, 1.807) is 6.07 Å². The van der Waals surface area contributed by atoms with E-state index in [9.17, 15) is 4.79 Å². The van der Waals surface area contributed by atoms with E-state index in [2.05, 4.69) is 20.0 Å². The smallest absolute Gasteiger partial charge is 0.337 e. The van der Waals surface area contributed by atoms with Crippen molar-refractivity contribution < 1.29 is 9.90 Å². The van der Waals surface area contributed by atoms with Gasteiger partial charge in [0.1, 0.15) is 0 Å². The van der Waals surface area contributed by atoms with Gasteiger partial charge in [-0.2, -0.15) is 0 Å². The van der Waals surface area contributed by atoms with Crippen molar-refractivity contribution >= 4 is 22.7 Å². The molecule has 2 heterocycles. The van der Waals surface area contributed by atoms with Gasteiger partial charge in [-0.15, -0.1) is 0 Å². The number of rotatable bonds is 2. The molecule has 0 aliphatic heterocycles. The first-order valence-electron chi connectivity index (χ1n) is 3.98. The van der Waals surface area contributed by atoms with Crippen molar-refractivity contribution in [2.45, 2.75) is 0 Å². The second-order valence-corrected chi connectivity index (χ2v) is 2.75. The van der Waals surface area contributed by atoms with Gasteiger partial charge < -0.3 is 10.1 Å². The number of H-pyrrole nitrogens is 1. The summed E-state index contributed by atoms with van der Waals surface area (Å²) in [5.74, 6) is -0.901. The number of pyridine rings is 1. The van der Waals surface area contributed by atoms with Crippen molar-refractivity contribution in [2.24, 2.45) is 5.11 Å². The van der Waals surface area contributed by atoms with Crippen LogP contribution in [0.1, 0.15) is 10.4 Å². The normalized spacial score (nSPS) is 9.87. The molecule has 2 aromatic rings. The van der Waals surface area contributed by atoms with Gasteiger partial charge in [0.05, 0.1) is 11.1 Å². The molecule has 2 aromatic heterocycles. The van der Waals surface area contributed by atoms with Gasteiger partial charge in [-0.1, -0.05) is 0 Å². The monoisotopic (exact) mass is 203 g/mol. The Morgan fingerprint density at radius 3 is 3.13 bits per heavy atom. The van der Waals surface area contributed by atoms with Gasteiger partial charge in [-0.25, -0.2) is 4.79 Å². The molecule has 0 radical (unpaired) electrons. The van der Waals surface area contributed by atoms with Crippen molar-refractivity contribution in [3.05, 3.63) is 34.5 Å². The third kappa shape index (κ3) is 1.36. The Morgan fingerprint density at radius 2 is 2.47 bits per heavy atom. The minimum Gasteiger partial charge on any atom is -0.478 e. The number of carboxylic acids is 1. The molecular weight excluding hydrogens is 198 g/mol. The minimum atomic E-state index is -1.04. The van der Waals surface area contributed by atoms with Gasteiger partial charge in [0.2, 0.25) is 0 Å². The number of azide groups is 1. The Hall–Kier alpha value is -2.53. The fourth-order valence-corrected chi connectivity index (χ4v) is 1.33. The van der Waals surface area contributed by atoms with Gasteiger partial charge in [0, 0.05) is 22.7 Å². The van der Waals surface area contributed by atoms with Crippen LogP contribution in [0.4, 0.5) is 5.82 Å². The Bertz CT molecular complexity index is 582. The van der Waals surface area contributed by atoms with Crippen LogP contribution in [0, 0.1) is 0 Å². The summed E-state index contributed by atoms with van der Waals surface area (Å²) in [6.07, 6.45) is 2.73. The molecule has 74 valence electrons. The number of carbonyl (C=O) groups is 1. The van der Waals surface area contributed by atoms with Gasteiger partial charge in [-0.3, -0.25) is 4.98 Å². The maximum absolute atomic E-state index is 10.8. The minimum absolute atomic E-state index is 0.127. The lowest BCUT2D eigenvalue weighted by Gasteiger charge is -1.94. The van der Waals surface area contributed by atoms with Crippen LogP contribution < -0.4 is 0 Å². The molecule has 0 saturated heterocycles. The summed E-state index contributed by atoms with van der Waals surface area (Å²) in [7, 11) is 0. The van der Waals surface area contributed by atoms with Gasteiger partial charge in [-0.05, 0) is 16.7 Å². The number of nitrogens with one attached hydrogen (secondary N) is 1. The number of aromatic carboxylic acids is 1. The van der Waals surface area contributed by atoms with Crippen molar-refractivity contribution in [3.8, 4) is 0 Å². The van der Waals surface area contributed by atoms with Crippen LogP contribution in [0.15, 0.2) is 23.6 Å². The largest absolute Gasteiger partial charge is 0.478 e. The van der Waals surface area contributed by atoms with Crippen LogP contribution in [0.5, 0.6) is 0 Å². The first kappa shape index (κ1) is 9.04. The van der Waals surface area contributed by atoms with E-state index in [0.717, 1.165) is 0 Å². The molecule has 2 rings (SSSR count). The highest BCUT2D eigenvalue weighted by Crippen LogP contribution is 2.25. The Kier molecular flexibility index (Phi) is 2.00. The van der Waals surface area contributed by atoms with E-state index in [-0.39, 0.29) is 11.4 Å². The first-order chi connectivity index (χ1) is 7.24. The quantitative estimate of drug-likeness (QED) is 0.442. The lowest BCUT2D eigenvalue weighted by Crippen LogP contribution is -1.93. The zero-order chi connectivity index (χ0) is 10.8. The molecule has 0 spiro atoms. The zero-order valence-corrected chi connectivity index (χ0v) is 7.38. The molecular formula is C8H5N5O2. The standard InChI is InChI=1S/C8H5N5O2/c9-13-12-7-6-4(1-2-10-7)5(3-11-6)8(14)15/h1-3,11H,(H,14,15). The number of carboxylic acid groups (broad SMARTS) is 1. The second kappa shape index (κ2) is 3.32. The molecule has 0 bridgehead atoms. The van der Waals surface area contributed by atoms with Crippen molar-refractivity contribution in [3.63, 3.8) is 0 Å². The molecule has 0 saturated carbocycles. The molecule has 0 unspecified atom stereocenters. The highest BCUT2D eigenvalue weighted by Gasteiger charge is 2.12. The average Bonchev–Trinajstić information content (AvgIpc) is 2.62. The van der Waals surface area contributed by atoms with Crippen LogP contribution in [0.2, 0.25) is 0 Å². The molecule has 7 heteroatoms. The molecule has 0 aromatic carbocycles. The second-order valence-electron chi connectivity index (χ2n) is 2.75. The van der Waals surface area contributed by atoms with E-state index in [1.165, 1.54) is 12.4 Å². The summed E-state index contributed by atoms with van der Waals surface area (Å²) in [6, 6.07) is 1.55. The number of aromatic amines is 1. The van der Waals surface area contributed by atoms with Crippen LogP contribution >= 0.6 is 0 Å². The fourth-order valence-electron chi connectivity index (χ4n) is 1.33. The summed E-state index contributed by atoms with van der Waals surface area (Å²) >= 11 is 0. The molecule has 0 atom stereocenters. The first-order valence-corrected chi connectivity index (χ1v) is 3.98. The average molecular weight is 203 g/mol. The zero-order valence-electron chi connectivity index (χ0n) is 7.38. The number of hydrogen-bond donors (Lipinski definition) is 2. The lowest BCUT2D eigenvalue weighted by atomic mass is 10.2. The Morgan fingerprint density at radius 1 is 1.67 bits per heavy atom. The van der Waals surface area contributed by atoms with E-state index in [1.807, 2.05) is 0 Å². The fraction of sp³-hybridized carbons (Fsp3) is 0. The van der Waals surface area contributed by atoms with E-state index >= 15 is 0 Å². The number of fused-ring (bicyclic) bond motifs is 1. The van der Waals surface area contributed by atoms with Crippen LogP contribution in [0.25, 0.3) is 21.3 Å². The molecule has 0 aliphatic carbocycles. The lowest BCUT2D eigenvalue weighted by molar-refractivity contribution is 0.0699. The van der Waals surface area contributed by atoms with Crippen LogP contribution in [0.3, 0.4) is 0 Å². The molecule has 0 fully saturated rings. The number of hydrogen-bond acceptors (Lipinski definition) is 3. The summed E-state index contributed by atoms with van der Waals surface area (Å²) in [5, 5.41) is 12.7. The van der Waals surface area contributed by atoms with Gasteiger partial charge in [0.25, 0.3) is 0 Å².